The van der Waals surface area contributed by atoms with Gasteiger partial charge in [0, 0.05) is 26.2 Å². The Labute approximate surface area is 90.2 Å². The second-order valence-electron chi connectivity index (χ2n) is 3.84. The van der Waals surface area contributed by atoms with Crippen LogP contribution >= 0.6 is 0 Å². The molecule has 0 radical (unpaired) electrons. The van der Waals surface area contributed by atoms with Crippen molar-refractivity contribution < 1.29 is 14.6 Å². The maximum Gasteiger partial charge on any atom is 0.305 e. The van der Waals surface area contributed by atoms with E-state index in [9.17, 15) is 4.79 Å². The molecule has 0 aliphatic carbocycles. The van der Waals surface area contributed by atoms with Gasteiger partial charge in [0.15, 0.2) is 0 Å². The van der Waals surface area contributed by atoms with Crippen molar-refractivity contribution in [1.29, 1.82) is 0 Å². The molecule has 15 heavy (non-hydrogen) atoms. The van der Waals surface area contributed by atoms with Crippen LogP contribution in [-0.2, 0) is 9.53 Å². The monoisotopic (exact) mass is 216 g/mol. The fraction of sp³-hybridized carbons (Fsp3) is 0.900. The van der Waals surface area contributed by atoms with Gasteiger partial charge in [0.25, 0.3) is 0 Å². The lowest BCUT2D eigenvalue weighted by Crippen LogP contribution is -2.39. The van der Waals surface area contributed by atoms with Crippen LogP contribution in [0.4, 0.5) is 0 Å². The largest absolute Gasteiger partial charge is 0.481 e. The molecule has 3 N–H and O–H groups in total. The number of carboxylic acids is 1. The molecular weight excluding hydrogens is 196 g/mol. The van der Waals surface area contributed by atoms with Crippen LogP contribution in [0, 0.1) is 0 Å². The van der Waals surface area contributed by atoms with Crippen molar-refractivity contribution in [1.82, 2.24) is 4.90 Å². The second kappa shape index (κ2) is 6.76. The third-order valence-electron chi connectivity index (χ3n) is 2.65. The molecule has 0 amide bonds. The number of hydrogen-bond acceptors (Lipinski definition) is 4. The lowest BCUT2D eigenvalue weighted by atomic mass is 10.1. The molecule has 5 nitrogen and oxygen atoms in total. The summed E-state index contributed by atoms with van der Waals surface area (Å²) >= 11 is 0. The van der Waals surface area contributed by atoms with Crippen molar-refractivity contribution in [3.63, 3.8) is 0 Å². The smallest absolute Gasteiger partial charge is 0.305 e. The van der Waals surface area contributed by atoms with E-state index in [0.717, 1.165) is 32.5 Å². The summed E-state index contributed by atoms with van der Waals surface area (Å²) in [5.41, 5.74) is 5.47. The van der Waals surface area contributed by atoms with Crippen LogP contribution < -0.4 is 5.73 Å². The van der Waals surface area contributed by atoms with Crippen LogP contribution in [0.15, 0.2) is 0 Å². The summed E-state index contributed by atoms with van der Waals surface area (Å²) in [6.45, 7) is 3.99. The highest BCUT2D eigenvalue weighted by Gasteiger charge is 2.18. The molecule has 0 saturated carbocycles. The van der Waals surface area contributed by atoms with E-state index in [0.29, 0.717) is 13.2 Å². The van der Waals surface area contributed by atoms with Crippen molar-refractivity contribution in [2.45, 2.75) is 25.4 Å². The van der Waals surface area contributed by atoms with Crippen LogP contribution in [0.2, 0.25) is 0 Å². The fourth-order valence-corrected chi connectivity index (χ4v) is 1.80. The van der Waals surface area contributed by atoms with Crippen LogP contribution in [0.1, 0.15) is 19.3 Å². The van der Waals surface area contributed by atoms with E-state index in [1.54, 1.807) is 0 Å². The SMILES string of the molecule is NCCN1CCC(OCCC(=O)O)CC1. The Hall–Kier alpha value is -0.650. The van der Waals surface area contributed by atoms with Crippen molar-refractivity contribution in [3.8, 4) is 0 Å². The zero-order valence-electron chi connectivity index (χ0n) is 9.02. The van der Waals surface area contributed by atoms with Gasteiger partial charge in [0.2, 0.25) is 0 Å². The van der Waals surface area contributed by atoms with Gasteiger partial charge in [-0.1, -0.05) is 0 Å². The third-order valence-corrected chi connectivity index (χ3v) is 2.65. The molecule has 0 aromatic carbocycles. The third kappa shape index (κ3) is 5.11. The average molecular weight is 216 g/mol. The van der Waals surface area contributed by atoms with Gasteiger partial charge < -0.3 is 20.5 Å². The number of likely N-dealkylation sites (tertiary alicyclic amines) is 1. The number of nitrogens with two attached hydrogens (primary N) is 1. The maximum atomic E-state index is 10.3. The molecular formula is C10H20N2O3. The van der Waals surface area contributed by atoms with Gasteiger partial charge in [0.05, 0.1) is 19.1 Å². The summed E-state index contributed by atoms with van der Waals surface area (Å²) in [5, 5.41) is 8.45. The minimum Gasteiger partial charge on any atom is -0.481 e. The van der Waals surface area contributed by atoms with Gasteiger partial charge in [-0.05, 0) is 12.8 Å². The number of nitrogens with zero attached hydrogens (tertiary/aromatic N) is 1. The summed E-state index contributed by atoms with van der Waals surface area (Å²) in [7, 11) is 0. The van der Waals surface area contributed by atoms with E-state index in [-0.39, 0.29) is 12.5 Å². The Morgan fingerprint density at radius 1 is 1.47 bits per heavy atom. The molecule has 1 fully saturated rings. The number of piperidine rings is 1. The summed E-state index contributed by atoms with van der Waals surface area (Å²) in [6.07, 6.45) is 2.31. The first-order chi connectivity index (χ1) is 7.22. The summed E-state index contributed by atoms with van der Waals surface area (Å²) in [4.78, 5) is 12.6. The molecule has 0 bridgehead atoms. The molecule has 0 spiro atoms. The molecule has 0 atom stereocenters. The highest BCUT2D eigenvalue weighted by Crippen LogP contribution is 2.13. The van der Waals surface area contributed by atoms with Gasteiger partial charge in [-0.2, -0.15) is 0 Å². The number of aliphatic carboxylic acids is 1. The molecule has 0 unspecified atom stereocenters. The average Bonchev–Trinajstić information content (AvgIpc) is 2.20. The Kier molecular flexibility index (Phi) is 5.60. The number of ether oxygens (including phenoxy) is 1. The predicted octanol–water partition coefficient (Wildman–Crippen LogP) is -0.0992. The zero-order chi connectivity index (χ0) is 11.1. The van der Waals surface area contributed by atoms with Crippen LogP contribution in [-0.4, -0.2) is 54.9 Å². The summed E-state index contributed by atoms with van der Waals surface area (Å²) in [5.74, 6) is -0.796. The van der Waals surface area contributed by atoms with E-state index in [1.165, 1.54) is 0 Å². The maximum absolute atomic E-state index is 10.3. The Bertz CT molecular complexity index is 191. The van der Waals surface area contributed by atoms with Crippen LogP contribution in [0.25, 0.3) is 0 Å². The van der Waals surface area contributed by atoms with Crippen molar-refractivity contribution in [2.75, 3.05) is 32.8 Å². The quantitative estimate of drug-likeness (QED) is 0.648. The Balaban J connectivity index is 2.06. The van der Waals surface area contributed by atoms with Gasteiger partial charge in [0.1, 0.15) is 0 Å². The topological polar surface area (TPSA) is 75.8 Å². The number of hydrogen-bond donors (Lipinski definition) is 2. The van der Waals surface area contributed by atoms with E-state index in [4.69, 9.17) is 15.6 Å². The molecule has 0 aromatic rings. The van der Waals surface area contributed by atoms with E-state index >= 15 is 0 Å². The number of rotatable bonds is 6. The van der Waals surface area contributed by atoms with Gasteiger partial charge in [-0.25, -0.2) is 0 Å². The highest BCUT2D eigenvalue weighted by molar-refractivity contribution is 5.66. The van der Waals surface area contributed by atoms with Crippen molar-refractivity contribution in [3.05, 3.63) is 0 Å². The van der Waals surface area contributed by atoms with Gasteiger partial charge in [-0.15, -0.1) is 0 Å². The summed E-state index contributed by atoms with van der Waals surface area (Å²) < 4.78 is 5.48. The van der Waals surface area contributed by atoms with E-state index < -0.39 is 5.97 Å². The summed E-state index contributed by atoms with van der Waals surface area (Å²) in [6, 6.07) is 0. The Morgan fingerprint density at radius 3 is 2.67 bits per heavy atom. The first-order valence-electron chi connectivity index (χ1n) is 5.48. The van der Waals surface area contributed by atoms with E-state index in [2.05, 4.69) is 4.90 Å². The zero-order valence-corrected chi connectivity index (χ0v) is 9.02. The second-order valence-corrected chi connectivity index (χ2v) is 3.84. The number of carbonyl (C=O) groups is 1. The molecule has 88 valence electrons. The van der Waals surface area contributed by atoms with Crippen molar-refractivity contribution in [2.24, 2.45) is 5.73 Å². The Morgan fingerprint density at radius 2 is 2.13 bits per heavy atom. The molecule has 5 heteroatoms. The first kappa shape index (κ1) is 12.4. The minimum absolute atomic E-state index is 0.100. The molecule has 1 saturated heterocycles. The lowest BCUT2D eigenvalue weighted by molar-refractivity contribution is -0.138. The van der Waals surface area contributed by atoms with Crippen LogP contribution in [0.3, 0.4) is 0 Å². The fourth-order valence-electron chi connectivity index (χ4n) is 1.80. The molecule has 1 aliphatic rings. The lowest BCUT2D eigenvalue weighted by Gasteiger charge is -2.31. The van der Waals surface area contributed by atoms with Crippen LogP contribution in [0.5, 0.6) is 0 Å². The minimum atomic E-state index is -0.796. The highest BCUT2D eigenvalue weighted by atomic mass is 16.5. The van der Waals surface area contributed by atoms with Gasteiger partial charge >= 0.3 is 5.97 Å². The predicted molar refractivity (Wildman–Crippen MR) is 56.7 cm³/mol. The first-order valence-corrected chi connectivity index (χ1v) is 5.48. The molecule has 1 heterocycles. The molecule has 1 aliphatic heterocycles. The molecule has 1 rings (SSSR count). The van der Waals surface area contributed by atoms with Gasteiger partial charge in [-0.3, -0.25) is 4.79 Å². The standard InChI is InChI=1S/C10H20N2O3/c11-4-7-12-5-1-9(2-6-12)15-8-3-10(13)14/h9H,1-8,11H2,(H,13,14). The molecule has 0 aromatic heterocycles. The number of carboxylic acid groups (broad SMARTS) is 1. The van der Waals surface area contributed by atoms with Crippen molar-refractivity contribution >= 4 is 5.97 Å². The van der Waals surface area contributed by atoms with E-state index in [1.807, 2.05) is 0 Å². The normalized spacial score (nSPS) is 19.3.